The monoisotopic (exact) mass is 365 g/mol. The van der Waals surface area contributed by atoms with Gasteiger partial charge in [-0.3, -0.25) is 9.78 Å². The second-order valence-corrected chi connectivity index (χ2v) is 5.68. The lowest BCUT2D eigenvalue weighted by Crippen LogP contribution is -2.12. The summed E-state index contributed by atoms with van der Waals surface area (Å²) < 4.78 is 11.2. The average Bonchev–Trinajstić information content (AvgIpc) is 2.63. The van der Waals surface area contributed by atoms with Crippen LogP contribution in [0.5, 0.6) is 17.2 Å². The predicted octanol–water partition coefficient (Wildman–Crippen LogP) is 4.18. The molecule has 26 heavy (non-hydrogen) atoms. The lowest BCUT2D eigenvalue weighted by Gasteiger charge is -2.12. The topological polar surface area (TPSA) is 86.8 Å². The number of methoxy groups -OCH3 is 1. The summed E-state index contributed by atoms with van der Waals surface area (Å²) in [7, 11) is 1.47. The van der Waals surface area contributed by atoms with Crippen LogP contribution in [0.3, 0.4) is 0 Å². The second kappa shape index (κ2) is 7.31. The van der Waals surface area contributed by atoms with E-state index in [2.05, 4.69) is 27.4 Å². The van der Waals surface area contributed by atoms with Crippen molar-refractivity contribution in [3.05, 3.63) is 53.7 Å². The number of carbonyl (C=O) groups excluding carboxylic acids is 1. The van der Waals surface area contributed by atoms with Gasteiger partial charge in [0.15, 0.2) is 0 Å². The highest BCUT2D eigenvalue weighted by atomic mass is 32.1. The number of primary amides is 1. The van der Waals surface area contributed by atoms with Gasteiger partial charge in [0, 0.05) is 17.6 Å². The molecule has 3 rings (SSSR count). The predicted molar refractivity (Wildman–Crippen MR) is 103 cm³/mol. The number of aliphatic imine (C=N–C) groups is 1. The van der Waals surface area contributed by atoms with E-state index in [1.165, 1.54) is 7.11 Å². The minimum absolute atomic E-state index is 0.264. The summed E-state index contributed by atoms with van der Waals surface area (Å²) >= 11 is 4.64. The number of pyridine rings is 1. The van der Waals surface area contributed by atoms with Crippen LogP contribution in [-0.2, 0) is 0 Å². The molecular formula is C19H15N3O3S. The van der Waals surface area contributed by atoms with Crippen LogP contribution < -0.4 is 15.2 Å². The Morgan fingerprint density at radius 3 is 2.69 bits per heavy atom. The number of benzene rings is 2. The first-order chi connectivity index (χ1) is 12.5. The van der Waals surface area contributed by atoms with Crippen molar-refractivity contribution in [1.82, 2.24) is 4.98 Å². The zero-order valence-corrected chi connectivity index (χ0v) is 15.0. The number of nitrogens with two attached hydrogens (primary N) is 1. The third-order valence-electron chi connectivity index (χ3n) is 3.85. The number of aryl methyl sites for hydroxylation is 1. The minimum Gasteiger partial charge on any atom is -0.496 e. The van der Waals surface area contributed by atoms with E-state index in [1.807, 2.05) is 13.0 Å². The molecule has 130 valence electrons. The van der Waals surface area contributed by atoms with Gasteiger partial charge >= 0.3 is 0 Å². The van der Waals surface area contributed by atoms with Crippen LogP contribution >= 0.6 is 12.2 Å². The van der Waals surface area contributed by atoms with Gasteiger partial charge in [-0.25, -0.2) is 0 Å². The largest absolute Gasteiger partial charge is 0.496 e. The summed E-state index contributed by atoms with van der Waals surface area (Å²) in [6.07, 6.45) is 1.62. The number of nitrogens with zero attached hydrogens (tertiary/aromatic N) is 2. The molecule has 1 amide bonds. The zero-order chi connectivity index (χ0) is 18.7. The molecule has 6 nitrogen and oxygen atoms in total. The van der Waals surface area contributed by atoms with Gasteiger partial charge in [-0.15, -0.1) is 0 Å². The van der Waals surface area contributed by atoms with E-state index < -0.39 is 5.91 Å². The van der Waals surface area contributed by atoms with Gasteiger partial charge in [0.25, 0.3) is 5.91 Å². The molecule has 0 aliphatic carbocycles. The number of rotatable bonds is 5. The molecule has 1 heterocycles. The van der Waals surface area contributed by atoms with Crippen molar-refractivity contribution in [2.24, 2.45) is 10.7 Å². The molecule has 0 saturated carbocycles. The number of hydrogen-bond acceptors (Lipinski definition) is 6. The van der Waals surface area contributed by atoms with Gasteiger partial charge in [0.05, 0.1) is 29.0 Å². The first-order valence-electron chi connectivity index (χ1n) is 7.66. The van der Waals surface area contributed by atoms with Gasteiger partial charge in [0.2, 0.25) is 0 Å². The number of hydrogen-bond donors (Lipinski definition) is 1. The fourth-order valence-corrected chi connectivity index (χ4v) is 2.69. The van der Waals surface area contributed by atoms with E-state index in [0.29, 0.717) is 28.2 Å². The minimum atomic E-state index is -0.586. The smallest absolute Gasteiger partial charge is 0.252 e. The van der Waals surface area contributed by atoms with Crippen LogP contribution in [0.4, 0.5) is 5.69 Å². The van der Waals surface area contributed by atoms with Crippen molar-refractivity contribution in [2.45, 2.75) is 6.92 Å². The fraction of sp³-hybridized carbons (Fsp3) is 0.105. The quantitative estimate of drug-likeness (QED) is 0.541. The maximum atomic E-state index is 11.7. The third-order valence-corrected chi connectivity index (χ3v) is 3.94. The summed E-state index contributed by atoms with van der Waals surface area (Å²) in [6, 6.07) is 10.4. The van der Waals surface area contributed by atoms with Crippen molar-refractivity contribution in [1.29, 1.82) is 0 Å². The first kappa shape index (κ1) is 17.5. The molecule has 0 saturated heterocycles. The Morgan fingerprint density at radius 1 is 1.23 bits per heavy atom. The van der Waals surface area contributed by atoms with Gasteiger partial charge < -0.3 is 15.2 Å². The second-order valence-electron chi connectivity index (χ2n) is 5.50. The molecule has 3 aromatic rings. The molecule has 2 aromatic carbocycles. The van der Waals surface area contributed by atoms with Crippen LogP contribution in [-0.4, -0.2) is 23.2 Å². The van der Waals surface area contributed by atoms with E-state index in [9.17, 15) is 4.79 Å². The van der Waals surface area contributed by atoms with Crippen LogP contribution in [0.2, 0.25) is 0 Å². The van der Waals surface area contributed by atoms with Gasteiger partial charge in [-0.05, 0) is 55.0 Å². The van der Waals surface area contributed by atoms with Crippen LogP contribution in [0, 0.1) is 6.92 Å². The summed E-state index contributed by atoms with van der Waals surface area (Å²) in [5, 5.41) is 3.00. The molecule has 0 bridgehead atoms. The van der Waals surface area contributed by atoms with Gasteiger partial charge in [-0.2, -0.15) is 4.99 Å². The molecule has 0 aliphatic heterocycles. The van der Waals surface area contributed by atoms with E-state index >= 15 is 0 Å². The Morgan fingerprint density at radius 2 is 2.04 bits per heavy atom. The maximum Gasteiger partial charge on any atom is 0.252 e. The third kappa shape index (κ3) is 3.39. The zero-order valence-electron chi connectivity index (χ0n) is 14.1. The number of thiocarbonyl (C=S) groups is 1. The highest BCUT2D eigenvalue weighted by Gasteiger charge is 2.14. The number of isothiocyanates is 1. The number of carbonyl (C=O) groups is 1. The molecule has 0 atom stereocenters. The number of fused-ring (bicyclic) bond motifs is 1. The molecule has 0 radical (unpaired) electrons. The SMILES string of the molecule is COc1cc2nccc(Oc3ccc(N=C=S)c(C)c3)c2cc1C(N)=O. The Bertz CT molecular complexity index is 1060. The van der Waals surface area contributed by atoms with Gasteiger partial charge in [-0.1, -0.05) is 0 Å². The van der Waals surface area contributed by atoms with Gasteiger partial charge in [0.1, 0.15) is 17.2 Å². The fourth-order valence-electron chi connectivity index (χ4n) is 2.59. The Labute approximate surface area is 155 Å². The normalized spacial score (nSPS) is 10.2. The molecule has 2 N–H and O–H groups in total. The van der Waals surface area contributed by atoms with Crippen molar-refractivity contribution in [2.75, 3.05) is 7.11 Å². The summed E-state index contributed by atoms with van der Waals surface area (Å²) in [5.41, 5.74) is 7.97. The molecule has 7 heteroatoms. The summed E-state index contributed by atoms with van der Waals surface area (Å²) in [4.78, 5) is 20.0. The standard InChI is InChI=1S/C19H15N3O3S/c1-11-7-12(3-4-15(11)22-10-26)25-17-5-6-21-16-9-18(24-2)14(19(20)23)8-13(16)17/h3-9H,1-2H3,(H2,20,23). The van der Waals surface area contributed by atoms with E-state index in [1.54, 1.807) is 36.5 Å². The van der Waals surface area contributed by atoms with Crippen LogP contribution in [0.15, 0.2) is 47.6 Å². The van der Waals surface area contributed by atoms with E-state index in [-0.39, 0.29) is 5.56 Å². The first-order valence-corrected chi connectivity index (χ1v) is 8.07. The molecule has 0 unspecified atom stereocenters. The lowest BCUT2D eigenvalue weighted by atomic mass is 10.1. The summed E-state index contributed by atoms with van der Waals surface area (Å²) in [6.45, 7) is 1.90. The molecule has 0 spiro atoms. The number of aromatic nitrogens is 1. The lowest BCUT2D eigenvalue weighted by molar-refractivity contribution is 0.0997. The highest BCUT2D eigenvalue weighted by molar-refractivity contribution is 7.78. The van der Waals surface area contributed by atoms with E-state index in [4.69, 9.17) is 15.2 Å². The molecule has 0 fully saturated rings. The Balaban J connectivity index is 2.08. The van der Waals surface area contributed by atoms with Crippen molar-refractivity contribution in [3.63, 3.8) is 0 Å². The van der Waals surface area contributed by atoms with Crippen LogP contribution in [0.25, 0.3) is 10.9 Å². The maximum absolute atomic E-state index is 11.7. The highest BCUT2D eigenvalue weighted by Crippen LogP contribution is 2.34. The Kier molecular flexibility index (Phi) is 4.93. The molecule has 0 aliphatic rings. The number of ether oxygens (including phenoxy) is 2. The van der Waals surface area contributed by atoms with Crippen LogP contribution in [0.1, 0.15) is 15.9 Å². The number of amides is 1. The molecule has 1 aromatic heterocycles. The molecular weight excluding hydrogens is 350 g/mol. The Hall–Kier alpha value is -3.28. The van der Waals surface area contributed by atoms with Crippen molar-refractivity contribution in [3.8, 4) is 17.2 Å². The average molecular weight is 365 g/mol. The van der Waals surface area contributed by atoms with Crippen molar-refractivity contribution >= 4 is 39.9 Å². The van der Waals surface area contributed by atoms with Crippen molar-refractivity contribution < 1.29 is 14.3 Å². The summed E-state index contributed by atoms with van der Waals surface area (Å²) in [5.74, 6) is 0.949. The van der Waals surface area contributed by atoms with E-state index in [0.717, 1.165) is 11.3 Å².